The van der Waals surface area contributed by atoms with Gasteiger partial charge in [0.05, 0.1) is 5.75 Å². The van der Waals surface area contributed by atoms with E-state index in [0.717, 1.165) is 46.8 Å². The number of amides is 2. The van der Waals surface area contributed by atoms with E-state index in [-0.39, 0.29) is 29.4 Å². The van der Waals surface area contributed by atoms with Crippen LogP contribution in [0.3, 0.4) is 0 Å². The van der Waals surface area contributed by atoms with E-state index in [1.54, 1.807) is 17.0 Å². The molecule has 0 aromatic heterocycles. The van der Waals surface area contributed by atoms with Crippen molar-refractivity contribution in [3.05, 3.63) is 106 Å². The summed E-state index contributed by atoms with van der Waals surface area (Å²) in [6.07, 6.45) is 5.87. The first-order chi connectivity index (χ1) is 18.5. The molecule has 2 amide bonds. The van der Waals surface area contributed by atoms with Gasteiger partial charge in [0.1, 0.15) is 11.9 Å². The van der Waals surface area contributed by atoms with Gasteiger partial charge in [-0.3, -0.25) is 9.59 Å². The van der Waals surface area contributed by atoms with E-state index in [1.165, 1.54) is 30.3 Å². The van der Waals surface area contributed by atoms with Crippen LogP contribution in [0.2, 0.25) is 0 Å². The number of halogens is 2. The Labute approximate surface area is 237 Å². The van der Waals surface area contributed by atoms with Crippen molar-refractivity contribution in [3.8, 4) is 0 Å². The molecule has 0 heterocycles. The summed E-state index contributed by atoms with van der Waals surface area (Å²) >= 11 is 4.96. The molecule has 1 fully saturated rings. The van der Waals surface area contributed by atoms with Crippen molar-refractivity contribution in [2.24, 2.45) is 0 Å². The Morgan fingerprint density at radius 3 is 2.24 bits per heavy atom. The Hall–Kier alpha value is -2.64. The van der Waals surface area contributed by atoms with Gasteiger partial charge in [0.2, 0.25) is 11.8 Å². The summed E-state index contributed by atoms with van der Waals surface area (Å²) in [5.74, 6) is 0.379. The summed E-state index contributed by atoms with van der Waals surface area (Å²) in [7, 11) is 0. The lowest BCUT2D eigenvalue weighted by molar-refractivity contribution is -0.139. The summed E-state index contributed by atoms with van der Waals surface area (Å²) < 4.78 is 14.2. The highest BCUT2D eigenvalue weighted by Gasteiger charge is 2.31. The lowest BCUT2D eigenvalue weighted by Crippen LogP contribution is -2.53. The maximum absolute atomic E-state index is 13.8. The first-order valence-corrected chi connectivity index (χ1v) is 15.1. The van der Waals surface area contributed by atoms with Crippen molar-refractivity contribution >= 4 is 39.5 Å². The second-order valence-electron chi connectivity index (χ2n) is 9.82. The smallest absolute Gasteiger partial charge is 0.243 e. The molecule has 3 aromatic rings. The van der Waals surface area contributed by atoms with Gasteiger partial charge in [-0.25, -0.2) is 4.39 Å². The molecule has 4 rings (SSSR count). The maximum Gasteiger partial charge on any atom is 0.243 e. The second kappa shape index (κ2) is 14.5. The van der Waals surface area contributed by atoms with E-state index in [0.29, 0.717) is 18.7 Å². The number of nitrogens with zero attached hydrogens (tertiary/aromatic N) is 1. The molecule has 0 bridgehead atoms. The number of thioether (sulfide) groups is 1. The molecule has 0 saturated heterocycles. The third-order valence-electron chi connectivity index (χ3n) is 6.90. The van der Waals surface area contributed by atoms with Crippen LogP contribution in [-0.4, -0.2) is 34.6 Å². The third kappa shape index (κ3) is 8.70. The van der Waals surface area contributed by atoms with Crippen molar-refractivity contribution in [1.29, 1.82) is 0 Å². The fourth-order valence-corrected chi connectivity index (χ4v) is 5.94. The normalized spacial score (nSPS) is 14.6. The zero-order chi connectivity index (χ0) is 26.7. The highest BCUT2D eigenvalue weighted by atomic mass is 79.9. The van der Waals surface area contributed by atoms with Crippen molar-refractivity contribution in [3.63, 3.8) is 0 Å². The highest BCUT2D eigenvalue weighted by molar-refractivity contribution is 9.10. The topological polar surface area (TPSA) is 49.4 Å². The van der Waals surface area contributed by atoms with Crippen molar-refractivity contribution in [2.75, 3.05) is 5.75 Å². The molecule has 1 aliphatic carbocycles. The van der Waals surface area contributed by atoms with Gasteiger partial charge in [0, 0.05) is 29.2 Å². The Balaban J connectivity index is 1.55. The molecule has 1 aliphatic rings. The van der Waals surface area contributed by atoms with Crippen LogP contribution in [0.4, 0.5) is 4.39 Å². The fourth-order valence-electron chi connectivity index (χ4n) is 4.80. The lowest BCUT2D eigenvalue weighted by Gasteiger charge is -2.33. The second-order valence-corrected chi connectivity index (χ2v) is 11.7. The standard InChI is InChI=1S/C31H34BrFN2O2S/c32-26-15-11-24(12-16-26)20-35(30(36)22-38-21-25-13-17-27(33)18-14-25)29(19-23-7-3-1-4-8-23)31(37)34-28-9-5-2-6-10-28/h1,3-4,7-8,11-18,28-29H,2,5-6,9-10,19-22H2,(H,34,37). The van der Waals surface area contributed by atoms with Crippen molar-refractivity contribution < 1.29 is 14.0 Å². The Bertz CT molecular complexity index is 1170. The molecule has 1 N–H and O–H groups in total. The van der Waals surface area contributed by atoms with E-state index < -0.39 is 6.04 Å². The molecule has 0 radical (unpaired) electrons. The van der Waals surface area contributed by atoms with Gasteiger partial charge in [-0.15, -0.1) is 11.8 Å². The van der Waals surface area contributed by atoms with Gasteiger partial charge < -0.3 is 10.2 Å². The van der Waals surface area contributed by atoms with Gasteiger partial charge in [-0.05, 0) is 53.8 Å². The number of hydrogen-bond donors (Lipinski definition) is 1. The number of carbonyl (C=O) groups excluding carboxylic acids is 2. The molecular weight excluding hydrogens is 563 g/mol. The van der Waals surface area contributed by atoms with Crippen LogP contribution >= 0.6 is 27.7 Å². The third-order valence-corrected chi connectivity index (χ3v) is 8.41. The van der Waals surface area contributed by atoms with Gasteiger partial charge in [0.25, 0.3) is 0 Å². The molecule has 38 heavy (non-hydrogen) atoms. The summed E-state index contributed by atoms with van der Waals surface area (Å²) in [6, 6.07) is 23.6. The van der Waals surface area contributed by atoms with Crippen LogP contribution in [-0.2, 0) is 28.3 Å². The molecule has 7 heteroatoms. The summed E-state index contributed by atoms with van der Waals surface area (Å²) in [5, 5.41) is 3.27. The first kappa shape index (κ1) is 28.4. The van der Waals surface area contributed by atoms with Crippen LogP contribution in [0, 0.1) is 5.82 Å². The van der Waals surface area contributed by atoms with E-state index in [2.05, 4.69) is 21.2 Å². The van der Waals surface area contributed by atoms with Crippen molar-refractivity contribution in [2.45, 2.75) is 62.9 Å². The number of rotatable bonds is 11. The zero-order valence-electron chi connectivity index (χ0n) is 21.5. The average molecular weight is 598 g/mol. The quantitative estimate of drug-likeness (QED) is 0.261. The average Bonchev–Trinajstić information content (AvgIpc) is 2.94. The molecule has 1 saturated carbocycles. The van der Waals surface area contributed by atoms with Gasteiger partial charge in [-0.2, -0.15) is 0 Å². The molecule has 0 spiro atoms. The summed E-state index contributed by atoms with van der Waals surface area (Å²) in [4.78, 5) is 29.3. The Kier molecular flexibility index (Phi) is 10.8. The predicted octanol–water partition coefficient (Wildman–Crippen LogP) is 6.91. The van der Waals surface area contributed by atoms with Crippen LogP contribution in [0.1, 0.15) is 48.8 Å². The monoisotopic (exact) mass is 596 g/mol. The van der Waals surface area contributed by atoms with Gasteiger partial charge >= 0.3 is 0 Å². The molecule has 3 aromatic carbocycles. The predicted molar refractivity (Wildman–Crippen MR) is 156 cm³/mol. The highest BCUT2D eigenvalue weighted by Crippen LogP contribution is 2.22. The van der Waals surface area contributed by atoms with E-state index in [9.17, 15) is 14.0 Å². The fraction of sp³-hybridized carbons (Fsp3) is 0.355. The number of nitrogens with one attached hydrogen (secondary N) is 1. The zero-order valence-corrected chi connectivity index (χ0v) is 23.9. The maximum atomic E-state index is 13.8. The van der Waals surface area contributed by atoms with E-state index >= 15 is 0 Å². The molecule has 1 atom stereocenters. The summed E-state index contributed by atoms with van der Waals surface area (Å²) in [6.45, 7) is 0.346. The molecule has 1 unspecified atom stereocenters. The Morgan fingerprint density at radius 2 is 1.55 bits per heavy atom. The van der Waals surface area contributed by atoms with E-state index in [4.69, 9.17) is 0 Å². The number of benzene rings is 3. The minimum absolute atomic E-state index is 0.0836. The SMILES string of the molecule is O=C(NC1CCCCC1)C(Cc1ccccc1)N(Cc1ccc(Br)cc1)C(=O)CSCc1ccc(F)cc1. The number of hydrogen-bond acceptors (Lipinski definition) is 3. The lowest BCUT2D eigenvalue weighted by atomic mass is 9.94. The largest absolute Gasteiger partial charge is 0.352 e. The minimum atomic E-state index is -0.623. The minimum Gasteiger partial charge on any atom is -0.352 e. The Morgan fingerprint density at radius 1 is 0.895 bits per heavy atom. The summed E-state index contributed by atoms with van der Waals surface area (Å²) in [5.41, 5.74) is 2.94. The van der Waals surface area contributed by atoms with Crippen LogP contribution < -0.4 is 5.32 Å². The first-order valence-electron chi connectivity index (χ1n) is 13.2. The van der Waals surface area contributed by atoms with E-state index in [1.807, 2.05) is 54.6 Å². The van der Waals surface area contributed by atoms with Gasteiger partial charge in [0.15, 0.2) is 0 Å². The van der Waals surface area contributed by atoms with Crippen LogP contribution in [0.5, 0.6) is 0 Å². The molecule has 4 nitrogen and oxygen atoms in total. The van der Waals surface area contributed by atoms with Crippen molar-refractivity contribution in [1.82, 2.24) is 10.2 Å². The molecule has 200 valence electrons. The molecular formula is C31H34BrFN2O2S. The number of carbonyl (C=O) groups is 2. The molecule has 0 aliphatic heterocycles. The van der Waals surface area contributed by atoms with Gasteiger partial charge in [-0.1, -0.05) is 89.8 Å². The van der Waals surface area contributed by atoms with Crippen LogP contribution in [0.25, 0.3) is 0 Å². The van der Waals surface area contributed by atoms with Crippen LogP contribution in [0.15, 0.2) is 83.3 Å².